The van der Waals surface area contributed by atoms with Gasteiger partial charge in [0.2, 0.25) is 5.91 Å². The van der Waals surface area contributed by atoms with Gasteiger partial charge in [0, 0.05) is 24.5 Å². The van der Waals surface area contributed by atoms with Crippen molar-refractivity contribution in [2.45, 2.75) is 19.4 Å². The number of urea groups is 1. The van der Waals surface area contributed by atoms with Crippen LogP contribution in [0.25, 0.3) is 0 Å². The molecule has 110 valence electrons. The van der Waals surface area contributed by atoms with Gasteiger partial charge in [-0.3, -0.25) is 10.1 Å². The summed E-state index contributed by atoms with van der Waals surface area (Å²) in [4.78, 5) is 24.5. The van der Waals surface area contributed by atoms with Crippen LogP contribution in [0.15, 0.2) is 28.7 Å². The topological polar surface area (TPSA) is 61.4 Å². The van der Waals surface area contributed by atoms with Gasteiger partial charge in [-0.2, -0.15) is 0 Å². The molecule has 0 atom stereocenters. The van der Waals surface area contributed by atoms with Crippen LogP contribution >= 0.6 is 15.9 Å². The molecule has 0 aromatic heterocycles. The fraction of sp³-hybridized carbons (Fsp3) is 0.429. The van der Waals surface area contributed by atoms with E-state index < -0.39 is 6.03 Å². The van der Waals surface area contributed by atoms with Gasteiger partial charge in [0.05, 0.1) is 0 Å². The highest BCUT2D eigenvalue weighted by Crippen LogP contribution is 2.11. The van der Waals surface area contributed by atoms with Crippen LogP contribution in [0.1, 0.15) is 18.4 Å². The molecule has 0 radical (unpaired) electrons. The van der Waals surface area contributed by atoms with Crippen LogP contribution in [0.5, 0.6) is 0 Å². The molecule has 2 N–H and O–H groups in total. The van der Waals surface area contributed by atoms with Gasteiger partial charge < -0.3 is 10.2 Å². The highest BCUT2D eigenvalue weighted by molar-refractivity contribution is 9.10. The van der Waals surface area contributed by atoms with Crippen LogP contribution in [0, 0.1) is 0 Å². The zero-order valence-electron chi connectivity index (χ0n) is 11.8. The summed E-state index contributed by atoms with van der Waals surface area (Å²) in [7, 11) is 3.49. The first-order valence-corrected chi connectivity index (χ1v) is 7.25. The minimum absolute atomic E-state index is 0.249. The number of carbonyl (C=O) groups excluding carboxylic acids is 2. The lowest BCUT2D eigenvalue weighted by Gasteiger charge is -2.16. The molecule has 0 spiro atoms. The summed E-state index contributed by atoms with van der Waals surface area (Å²) < 4.78 is 1.06. The van der Waals surface area contributed by atoms with Crippen molar-refractivity contribution in [2.75, 3.05) is 20.6 Å². The second-order valence-corrected chi connectivity index (χ2v) is 5.51. The van der Waals surface area contributed by atoms with Crippen molar-refractivity contribution < 1.29 is 9.59 Å². The minimum Gasteiger partial charge on any atom is -0.341 e. The summed E-state index contributed by atoms with van der Waals surface area (Å²) in [5, 5.41) is 4.59. The molecule has 0 fully saturated rings. The molecule has 0 bridgehead atoms. The van der Waals surface area contributed by atoms with Crippen LogP contribution in [0.3, 0.4) is 0 Å². The Bertz CT molecular complexity index is 448. The van der Waals surface area contributed by atoms with E-state index >= 15 is 0 Å². The number of amides is 3. The zero-order valence-corrected chi connectivity index (χ0v) is 13.4. The number of nitrogens with zero attached hydrogens (tertiary/aromatic N) is 1. The third-order valence-electron chi connectivity index (χ3n) is 2.79. The Hall–Kier alpha value is -1.40. The molecule has 20 heavy (non-hydrogen) atoms. The van der Waals surface area contributed by atoms with E-state index in [0.29, 0.717) is 6.42 Å². The monoisotopic (exact) mass is 341 g/mol. The van der Waals surface area contributed by atoms with Crippen molar-refractivity contribution in [1.29, 1.82) is 0 Å². The molecule has 0 aliphatic carbocycles. The van der Waals surface area contributed by atoms with Gasteiger partial charge in [0.25, 0.3) is 0 Å². The zero-order chi connectivity index (χ0) is 15.0. The SMILES string of the molecule is CNC(=O)NC(=O)CCCN(C)Cc1ccc(Br)cc1. The maximum Gasteiger partial charge on any atom is 0.321 e. The lowest BCUT2D eigenvalue weighted by Crippen LogP contribution is -2.37. The number of hydrogen-bond donors (Lipinski definition) is 2. The minimum atomic E-state index is -0.460. The van der Waals surface area contributed by atoms with E-state index in [1.807, 2.05) is 19.2 Å². The summed E-state index contributed by atoms with van der Waals surface area (Å²) >= 11 is 3.40. The Morgan fingerprint density at radius 3 is 2.50 bits per heavy atom. The van der Waals surface area contributed by atoms with E-state index in [9.17, 15) is 9.59 Å². The average molecular weight is 342 g/mol. The first-order chi connectivity index (χ1) is 9.51. The molecule has 1 aromatic carbocycles. The lowest BCUT2D eigenvalue weighted by molar-refractivity contribution is -0.120. The van der Waals surface area contributed by atoms with Crippen molar-refractivity contribution in [3.63, 3.8) is 0 Å². The van der Waals surface area contributed by atoms with E-state index in [1.54, 1.807) is 0 Å². The first kappa shape index (κ1) is 16.7. The number of hydrogen-bond acceptors (Lipinski definition) is 3. The summed E-state index contributed by atoms with van der Waals surface area (Å²) in [6, 6.07) is 7.70. The number of carbonyl (C=O) groups is 2. The standard InChI is InChI=1S/C14H20BrN3O2/c1-16-14(20)17-13(19)4-3-9-18(2)10-11-5-7-12(15)8-6-11/h5-8H,3-4,9-10H2,1-2H3,(H2,16,17,19,20). The quantitative estimate of drug-likeness (QED) is 0.833. The highest BCUT2D eigenvalue weighted by atomic mass is 79.9. The molecule has 5 nitrogen and oxygen atoms in total. The van der Waals surface area contributed by atoms with Gasteiger partial charge in [0.15, 0.2) is 0 Å². The van der Waals surface area contributed by atoms with Crippen LogP contribution in [0.2, 0.25) is 0 Å². The third kappa shape index (κ3) is 6.68. The van der Waals surface area contributed by atoms with Gasteiger partial charge in [-0.15, -0.1) is 0 Å². The largest absolute Gasteiger partial charge is 0.341 e. The maximum absolute atomic E-state index is 11.4. The summed E-state index contributed by atoms with van der Waals surface area (Å²) in [6.07, 6.45) is 1.06. The Morgan fingerprint density at radius 1 is 1.25 bits per heavy atom. The molecule has 0 saturated carbocycles. The van der Waals surface area contributed by atoms with E-state index in [1.165, 1.54) is 12.6 Å². The Morgan fingerprint density at radius 2 is 1.90 bits per heavy atom. The number of rotatable bonds is 6. The molecule has 1 aromatic rings. The van der Waals surface area contributed by atoms with Crippen LogP contribution in [0.4, 0.5) is 4.79 Å². The van der Waals surface area contributed by atoms with E-state index in [2.05, 4.69) is 43.6 Å². The number of halogens is 1. The van der Waals surface area contributed by atoms with Gasteiger partial charge >= 0.3 is 6.03 Å². The van der Waals surface area contributed by atoms with Crippen LogP contribution in [-0.2, 0) is 11.3 Å². The van der Waals surface area contributed by atoms with E-state index in [0.717, 1.165) is 24.0 Å². The van der Waals surface area contributed by atoms with Crippen molar-refractivity contribution in [3.8, 4) is 0 Å². The van der Waals surface area contributed by atoms with Crippen molar-refractivity contribution in [3.05, 3.63) is 34.3 Å². The summed E-state index contributed by atoms with van der Waals surface area (Å²) in [5.74, 6) is -0.249. The van der Waals surface area contributed by atoms with E-state index in [4.69, 9.17) is 0 Å². The van der Waals surface area contributed by atoms with Crippen molar-refractivity contribution in [1.82, 2.24) is 15.5 Å². The molecule has 0 aliphatic rings. The predicted molar refractivity (Wildman–Crippen MR) is 82.3 cm³/mol. The van der Waals surface area contributed by atoms with Crippen LogP contribution < -0.4 is 10.6 Å². The molecule has 0 aliphatic heterocycles. The molecule has 3 amide bonds. The van der Waals surface area contributed by atoms with Gasteiger partial charge in [0.1, 0.15) is 0 Å². The normalized spacial score (nSPS) is 10.4. The fourth-order valence-electron chi connectivity index (χ4n) is 1.74. The van der Waals surface area contributed by atoms with Gasteiger partial charge in [-0.25, -0.2) is 4.79 Å². The van der Waals surface area contributed by atoms with Gasteiger partial charge in [-0.05, 0) is 37.7 Å². The average Bonchev–Trinajstić information content (AvgIpc) is 2.41. The third-order valence-corrected chi connectivity index (χ3v) is 3.32. The van der Waals surface area contributed by atoms with Crippen LogP contribution in [-0.4, -0.2) is 37.5 Å². The molecule has 6 heteroatoms. The molecule has 1 rings (SSSR count). The fourth-order valence-corrected chi connectivity index (χ4v) is 2.01. The number of nitrogens with one attached hydrogen (secondary N) is 2. The summed E-state index contributed by atoms with van der Waals surface area (Å²) in [6.45, 7) is 1.64. The second-order valence-electron chi connectivity index (χ2n) is 4.60. The lowest BCUT2D eigenvalue weighted by atomic mass is 10.2. The van der Waals surface area contributed by atoms with E-state index in [-0.39, 0.29) is 5.91 Å². The maximum atomic E-state index is 11.4. The van der Waals surface area contributed by atoms with Crippen molar-refractivity contribution in [2.24, 2.45) is 0 Å². The number of benzene rings is 1. The Kier molecular flexibility index (Phi) is 7.25. The van der Waals surface area contributed by atoms with Crippen molar-refractivity contribution >= 4 is 27.9 Å². The van der Waals surface area contributed by atoms with Gasteiger partial charge in [-0.1, -0.05) is 28.1 Å². The predicted octanol–water partition coefficient (Wildman–Crippen LogP) is 2.12. The molecular formula is C14H20BrN3O2. The molecule has 0 unspecified atom stereocenters. The number of imide groups is 1. The molecular weight excluding hydrogens is 322 g/mol. The molecule has 0 heterocycles. The Labute approximate surface area is 127 Å². The summed E-state index contributed by atoms with van der Waals surface area (Å²) in [5.41, 5.74) is 1.23. The molecule has 0 saturated heterocycles. The second kappa shape index (κ2) is 8.71. The first-order valence-electron chi connectivity index (χ1n) is 6.46. The smallest absolute Gasteiger partial charge is 0.321 e. The Balaban J connectivity index is 2.23. The highest BCUT2D eigenvalue weighted by Gasteiger charge is 2.06.